The molecule has 1 saturated heterocycles. The number of alkyl halides is 1. The van der Waals surface area contributed by atoms with Gasteiger partial charge in [0.05, 0.1) is 0 Å². The maximum Gasteiger partial charge on any atom is 0.260 e. The van der Waals surface area contributed by atoms with Gasteiger partial charge in [0.15, 0.2) is 5.03 Å². The maximum absolute atomic E-state index is 12.5. The van der Waals surface area contributed by atoms with Crippen LogP contribution in [-0.4, -0.2) is 56.3 Å². The van der Waals surface area contributed by atoms with Crippen molar-refractivity contribution in [2.75, 3.05) is 33.7 Å². The Balaban J connectivity index is 2.03. The molecule has 0 aromatic carbocycles. The number of nitrogens with zero attached hydrogens (tertiary/aromatic N) is 3. The largest absolute Gasteiger partial charge is 0.306 e. The third kappa shape index (κ3) is 4.16. The van der Waals surface area contributed by atoms with Gasteiger partial charge in [-0.25, -0.2) is 13.4 Å². The number of hydrogen-bond donors (Lipinski definition) is 0. The highest BCUT2D eigenvalue weighted by Crippen LogP contribution is 2.20. The van der Waals surface area contributed by atoms with Crippen molar-refractivity contribution in [2.45, 2.75) is 23.7 Å². The van der Waals surface area contributed by atoms with E-state index in [-0.39, 0.29) is 5.03 Å². The Morgan fingerprint density at radius 1 is 1.38 bits per heavy atom. The summed E-state index contributed by atoms with van der Waals surface area (Å²) in [5.41, 5.74) is 0.814. The Morgan fingerprint density at radius 2 is 2.05 bits per heavy atom. The summed E-state index contributed by atoms with van der Waals surface area (Å²) in [4.78, 5) is 6.30. The van der Waals surface area contributed by atoms with E-state index in [1.54, 1.807) is 13.1 Å². The highest BCUT2D eigenvalue weighted by molar-refractivity contribution is 7.89. The summed E-state index contributed by atoms with van der Waals surface area (Å²) in [5.74, 6) is 0.752. The molecular weight excluding hydrogens is 310 g/mol. The van der Waals surface area contributed by atoms with E-state index in [4.69, 9.17) is 11.6 Å². The lowest BCUT2D eigenvalue weighted by molar-refractivity contribution is 0.202. The molecule has 1 aromatic rings. The number of piperidine rings is 1. The minimum atomic E-state index is -3.51. The first-order valence-corrected chi connectivity index (χ1v) is 9.06. The van der Waals surface area contributed by atoms with Crippen LogP contribution in [0.4, 0.5) is 0 Å². The minimum absolute atomic E-state index is 0.0896. The van der Waals surface area contributed by atoms with Gasteiger partial charge in [0.2, 0.25) is 0 Å². The minimum Gasteiger partial charge on any atom is -0.306 e. The highest BCUT2D eigenvalue weighted by Gasteiger charge is 2.26. The van der Waals surface area contributed by atoms with Gasteiger partial charge in [-0.05, 0) is 50.5 Å². The van der Waals surface area contributed by atoms with Gasteiger partial charge in [0.25, 0.3) is 10.0 Å². The molecule has 118 valence electrons. The Kier molecular flexibility index (Phi) is 5.60. The van der Waals surface area contributed by atoms with Crippen LogP contribution in [-0.2, 0) is 15.9 Å². The molecule has 1 fully saturated rings. The van der Waals surface area contributed by atoms with Crippen molar-refractivity contribution in [2.24, 2.45) is 5.92 Å². The molecule has 0 atom stereocenters. The molecule has 0 amide bonds. The Labute approximate surface area is 132 Å². The fourth-order valence-corrected chi connectivity index (χ4v) is 3.82. The molecule has 0 unspecified atom stereocenters. The summed E-state index contributed by atoms with van der Waals surface area (Å²) in [7, 11) is 0.215. The third-order valence-corrected chi connectivity index (χ3v) is 6.03. The summed E-state index contributed by atoms with van der Waals surface area (Å²) in [6, 6.07) is 3.23. The van der Waals surface area contributed by atoms with E-state index in [9.17, 15) is 8.42 Å². The molecular formula is C14H22ClN3O2S. The molecule has 0 N–H and O–H groups in total. The number of hydrogen-bond acceptors (Lipinski definition) is 4. The molecule has 0 aliphatic carbocycles. The van der Waals surface area contributed by atoms with E-state index >= 15 is 0 Å². The monoisotopic (exact) mass is 331 g/mol. The second-order valence-electron chi connectivity index (χ2n) is 5.67. The summed E-state index contributed by atoms with van der Waals surface area (Å²) >= 11 is 5.69. The van der Waals surface area contributed by atoms with Crippen molar-refractivity contribution in [1.82, 2.24) is 14.2 Å². The van der Waals surface area contributed by atoms with Crippen LogP contribution in [0.2, 0.25) is 0 Å². The van der Waals surface area contributed by atoms with Gasteiger partial charge in [-0.1, -0.05) is 6.07 Å². The molecule has 2 heterocycles. The summed E-state index contributed by atoms with van der Waals surface area (Å²) < 4.78 is 26.4. The predicted molar refractivity (Wildman–Crippen MR) is 83.8 cm³/mol. The van der Waals surface area contributed by atoms with Crippen LogP contribution in [0.5, 0.6) is 0 Å². The molecule has 7 heteroatoms. The maximum atomic E-state index is 12.5. The van der Waals surface area contributed by atoms with Gasteiger partial charge in [-0.3, -0.25) is 0 Å². The quantitative estimate of drug-likeness (QED) is 0.772. The third-order valence-electron chi connectivity index (χ3n) is 3.98. The van der Waals surface area contributed by atoms with Gasteiger partial charge in [0.1, 0.15) is 0 Å². The number of aromatic nitrogens is 1. The number of rotatable bonds is 5. The molecule has 2 rings (SSSR count). The first kappa shape index (κ1) is 16.7. The molecule has 1 aliphatic heterocycles. The van der Waals surface area contributed by atoms with Gasteiger partial charge in [-0.15, -0.1) is 11.6 Å². The average molecular weight is 332 g/mol. The van der Waals surface area contributed by atoms with Crippen molar-refractivity contribution in [3.8, 4) is 0 Å². The van der Waals surface area contributed by atoms with Crippen molar-refractivity contribution >= 4 is 21.6 Å². The molecule has 0 radical (unpaired) electrons. The molecule has 5 nitrogen and oxygen atoms in total. The molecule has 0 spiro atoms. The van der Waals surface area contributed by atoms with Gasteiger partial charge in [0, 0.05) is 25.7 Å². The second kappa shape index (κ2) is 7.05. The van der Waals surface area contributed by atoms with E-state index in [0.717, 1.165) is 31.5 Å². The topological polar surface area (TPSA) is 53.5 Å². The van der Waals surface area contributed by atoms with Crippen LogP contribution in [0.15, 0.2) is 23.4 Å². The number of likely N-dealkylation sites (tertiary alicyclic amines) is 1. The first-order chi connectivity index (χ1) is 9.93. The Morgan fingerprint density at radius 3 is 2.57 bits per heavy atom. The fourth-order valence-electron chi connectivity index (χ4n) is 2.51. The van der Waals surface area contributed by atoms with Gasteiger partial charge < -0.3 is 4.90 Å². The lowest BCUT2D eigenvalue weighted by Crippen LogP contribution is -2.38. The van der Waals surface area contributed by atoms with E-state index in [2.05, 4.69) is 16.9 Å². The zero-order valence-electron chi connectivity index (χ0n) is 12.5. The van der Waals surface area contributed by atoms with Crippen molar-refractivity contribution in [3.63, 3.8) is 0 Å². The summed E-state index contributed by atoms with van der Waals surface area (Å²) in [6.45, 7) is 2.61. The van der Waals surface area contributed by atoms with Crippen LogP contribution in [0.3, 0.4) is 0 Å². The average Bonchev–Trinajstić information content (AvgIpc) is 2.49. The van der Waals surface area contributed by atoms with Gasteiger partial charge in [-0.2, -0.15) is 4.31 Å². The first-order valence-electron chi connectivity index (χ1n) is 7.09. The van der Waals surface area contributed by atoms with E-state index < -0.39 is 10.0 Å². The second-order valence-corrected chi connectivity index (χ2v) is 7.93. The lowest BCUT2D eigenvalue weighted by atomic mass is 9.97. The van der Waals surface area contributed by atoms with E-state index in [0.29, 0.717) is 18.3 Å². The molecule has 0 saturated carbocycles. The predicted octanol–water partition coefficient (Wildman–Crippen LogP) is 1.78. The standard InChI is InChI=1S/C14H22ClN3O2S/c1-17-7-5-12(6-8-17)11-18(2)21(19,20)14-4-3-13(9-15)10-16-14/h3-4,10,12H,5-9,11H2,1-2H3. The van der Waals surface area contributed by atoms with Crippen LogP contribution >= 0.6 is 11.6 Å². The number of pyridine rings is 1. The summed E-state index contributed by atoms with van der Waals surface area (Å²) in [5, 5.41) is 0.0896. The SMILES string of the molecule is CN1CCC(CN(C)S(=O)(=O)c2ccc(CCl)cn2)CC1. The van der Waals surface area contributed by atoms with Crippen LogP contribution < -0.4 is 0 Å². The Hall–Kier alpha value is -0.690. The smallest absolute Gasteiger partial charge is 0.260 e. The Bertz CT molecular complexity index is 554. The fraction of sp³-hybridized carbons (Fsp3) is 0.643. The summed E-state index contributed by atoms with van der Waals surface area (Å²) in [6.07, 6.45) is 3.59. The van der Waals surface area contributed by atoms with E-state index in [1.807, 2.05) is 0 Å². The zero-order valence-corrected chi connectivity index (χ0v) is 14.1. The van der Waals surface area contributed by atoms with Crippen molar-refractivity contribution in [3.05, 3.63) is 23.9 Å². The molecule has 1 aliphatic rings. The van der Waals surface area contributed by atoms with Crippen molar-refractivity contribution < 1.29 is 8.42 Å². The van der Waals surface area contributed by atoms with Crippen molar-refractivity contribution in [1.29, 1.82) is 0 Å². The molecule has 1 aromatic heterocycles. The van der Waals surface area contributed by atoms with Crippen LogP contribution in [0.1, 0.15) is 18.4 Å². The van der Waals surface area contributed by atoms with Crippen LogP contribution in [0, 0.1) is 5.92 Å². The lowest BCUT2D eigenvalue weighted by Gasteiger charge is -2.31. The number of sulfonamides is 1. The molecule has 0 bridgehead atoms. The normalized spacial score (nSPS) is 18.3. The zero-order chi connectivity index (χ0) is 15.5. The molecule has 21 heavy (non-hydrogen) atoms. The van der Waals surface area contributed by atoms with Gasteiger partial charge >= 0.3 is 0 Å². The number of halogens is 1. The highest BCUT2D eigenvalue weighted by atomic mass is 35.5. The van der Waals surface area contributed by atoms with E-state index in [1.165, 1.54) is 16.6 Å². The van der Waals surface area contributed by atoms with Crippen LogP contribution in [0.25, 0.3) is 0 Å².